The van der Waals surface area contributed by atoms with Gasteiger partial charge in [0, 0.05) is 0 Å². The number of carbonyl (C=O) groups excluding carboxylic acids is 2. The predicted molar refractivity (Wildman–Crippen MR) is 132 cm³/mol. The summed E-state index contributed by atoms with van der Waals surface area (Å²) in [5.41, 5.74) is 2.94. The quantitative estimate of drug-likeness (QED) is 0.657. The Labute approximate surface area is 202 Å². The van der Waals surface area contributed by atoms with Crippen LogP contribution in [0, 0.1) is 0 Å². The highest BCUT2D eigenvalue weighted by Crippen LogP contribution is 2.28. The number of anilines is 2. The number of nitrogens with zero attached hydrogens (tertiary/aromatic N) is 6. The van der Waals surface area contributed by atoms with E-state index in [1.54, 1.807) is 19.9 Å². The number of hydrogen-bond donors (Lipinski definition) is 1. The Hall–Kier alpha value is -4.21. The van der Waals surface area contributed by atoms with Gasteiger partial charge in [-0.25, -0.2) is 4.79 Å². The third-order valence-electron chi connectivity index (χ3n) is 5.81. The number of aromatic carboxylic acids is 1. The van der Waals surface area contributed by atoms with Gasteiger partial charge in [0.25, 0.3) is 11.8 Å². The van der Waals surface area contributed by atoms with E-state index in [0.717, 1.165) is 10.6 Å². The first-order valence-corrected chi connectivity index (χ1v) is 11.1. The Balaban J connectivity index is 1.50. The molecule has 0 bridgehead atoms. The summed E-state index contributed by atoms with van der Waals surface area (Å²) in [7, 11) is 0. The number of hydrazone groups is 2. The second-order valence-corrected chi connectivity index (χ2v) is 9.47. The van der Waals surface area contributed by atoms with Gasteiger partial charge in [-0.05, 0) is 55.2 Å². The minimum absolute atomic E-state index is 0.0143. The predicted octanol–water partition coefficient (Wildman–Crippen LogP) is 4.02. The molecule has 2 unspecified atom stereocenters. The molecule has 2 aliphatic heterocycles. The number of benzene rings is 2. The van der Waals surface area contributed by atoms with E-state index in [0.29, 0.717) is 22.8 Å². The lowest BCUT2D eigenvalue weighted by Gasteiger charge is -2.20. The Morgan fingerprint density at radius 3 is 1.86 bits per heavy atom. The van der Waals surface area contributed by atoms with E-state index in [-0.39, 0.29) is 16.9 Å². The van der Waals surface area contributed by atoms with Gasteiger partial charge in [-0.2, -0.15) is 30.4 Å². The fourth-order valence-electron chi connectivity index (χ4n) is 3.75. The maximum Gasteiger partial charge on any atom is 0.335 e. The van der Waals surface area contributed by atoms with Crippen LogP contribution in [-0.4, -0.2) is 46.4 Å². The van der Waals surface area contributed by atoms with Gasteiger partial charge in [-0.1, -0.05) is 39.0 Å². The van der Waals surface area contributed by atoms with Crippen molar-refractivity contribution in [2.24, 2.45) is 20.4 Å². The fourth-order valence-corrected chi connectivity index (χ4v) is 3.75. The summed E-state index contributed by atoms with van der Waals surface area (Å²) >= 11 is 0. The van der Waals surface area contributed by atoms with Crippen LogP contribution in [0.3, 0.4) is 0 Å². The SMILES string of the molecule is CC1=NN(c2ccc(C(C)(C)C)cc2)C(=O)C1/N=N/C1C(=O)N(c2cccc(C(=O)O)c2)N=C1C. The first kappa shape index (κ1) is 23.9. The lowest BCUT2D eigenvalue weighted by molar-refractivity contribution is -0.119. The molecule has 0 saturated carbocycles. The molecule has 4 rings (SSSR count). The van der Waals surface area contributed by atoms with Gasteiger partial charge in [-0.15, -0.1) is 0 Å². The number of amides is 2. The molecule has 0 spiro atoms. The molecule has 0 fully saturated rings. The van der Waals surface area contributed by atoms with Crippen LogP contribution in [0.1, 0.15) is 50.5 Å². The summed E-state index contributed by atoms with van der Waals surface area (Å²) in [6, 6.07) is 11.6. The van der Waals surface area contributed by atoms with Gasteiger partial charge < -0.3 is 5.11 Å². The van der Waals surface area contributed by atoms with Crippen molar-refractivity contribution in [1.29, 1.82) is 0 Å². The highest BCUT2D eigenvalue weighted by molar-refractivity contribution is 6.19. The summed E-state index contributed by atoms with van der Waals surface area (Å²) in [6.07, 6.45) is 0. The summed E-state index contributed by atoms with van der Waals surface area (Å²) in [6.45, 7) is 9.65. The number of azo groups is 1. The van der Waals surface area contributed by atoms with Crippen LogP contribution < -0.4 is 10.0 Å². The van der Waals surface area contributed by atoms with Gasteiger partial charge >= 0.3 is 5.97 Å². The molecule has 2 aromatic carbocycles. The van der Waals surface area contributed by atoms with Gasteiger partial charge in [0.15, 0.2) is 12.1 Å². The highest BCUT2D eigenvalue weighted by atomic mass is 16.4. The van der Waals surface area contributed by atoms with Crippen LogP contribution in [0.5, 0.6) is 0 Å². The van der Waals surface area contributed by atoms with E-state index < -0.39 is 24.0 Å². The number of carbonyl (C=O) groups is 3. The van der Waals surface area contributed by atoms with Crippen LogP contribution in [0.2, 0.25) is 0 Å². The first-order valence-electron chi connectivity index (χ1n) is 11.1. The topological polar surface area (TPSA) is 127 Å². The molecule has 2 atom stereocenters. The minimum Gasteiger partial charge on any atom is -0.478 e. The van der Waals surface area contributed by atoms with Crippen molar-refractivity contribution < 1.29 is 19.5 Å². The van der Waals surface area contributed by atoms with E-state index in [1.165, 1.54) is 23.2 Å². The van der Waals surface area contributed by atoms with Crippen molar-refractivity contribution in [1.82, 2.24) is 0 Å². The van der Waals surface area contributed by atoms with Gasteiger partial charge in [0.2, 0.25) is 0 Å². The second-order valence-electron chi connectivity index (χ2n) is 9.47. The average molecular weight is 475 g/mol. The molecule has 10 nitrogen and oxygen atoms in total. The highest BCUT2D eigenvalue weighted by Gasteiger charge is 2.38. The average Bonchev–Trinajstić information content (AvgIpc) is 3.26. The van der Waals surface area contributed by atoms with Crippen molar-refractivity contribution in [2.75, 3.05) is 10.0 Å². The number of rotatable bonds is 5. The molecule has 0 aromatic heterocycles. The fraction of sp³-hybridized carbons (Fsp3) is 0.320. The third-order valence-corrected chi connectivity index (χ3v) is 5.81. The van der Waals surface area contributed by atoms with Crippen molar-refractivity contribution in [3.8, 4) is 0 Å². The maximum absolute atomic E-state index is 13.0. The largest absolute Gasteiger partial charge is 0.478 e. The monoisotopic (exact) mass is 474 g/mol. The van der Waals surface area contributed by atoms with Gasteiger partial charge in [-0.3, -0.25) is 9.59 Å². The van der Waals surface area contributed by atoms with E-state index in [4.69, 9.17) is 0 Å². The Morgan fingerprint density at radius 1 is 0.857 bits per heavy atom. The Kier molecular flexibility index (Phi) is 6.06. The molecular weight excluding hydrogens is 448 g/mol. The van der Waals surface area contributed by atoms with Crippen molar-refractivity contribution in [3.63, 3.8) is 0 Å². The maximum atomic E-state index is 13.0. The number of carboxylic acid groups (broad SMARTS) is 1. The lowest BCUT2D eigenvalue weighted by Crippen LogP contribution is -2.32. The lowest BCUT2D eigenvalue weighted by atomic mass is 9.87. The molecule has 10 heteroatoms. The molecule has 35 heavy (non-hydrogen) atoms. The van der Waals surface area contributed by atoms with E-state index >= 15 is 0 Å². The molecule has 0 aliphatic carbocycles. The smallest absolute Gasteiger partial charge is 0.335 e. The van der Waals surface area contributed by atoms with E-state index in [9.17, 15) is 19.5 Å². The van der Waals surface area contributed by atoms with Crippen molar-refractivity contribution in [2.45, 2.75) is 52.1 Å². The summed E-state index contributed by atoms with van der Waals surface area (Å²) in [4.78, 5) is 37.2. The summed E-state index contributed by atoms with van der Waals surface area (Å²) in [5, 5.41) is 28.5. The van der Waals surface area contributed by atoms with Crippen LogP contribution in [0.15, 0.2) is 69.0 Å². The molecule has 0 radical (unpaired) electrons. The summed E-state index contributed by atoms with van der Waals surface area (Å²) in [5.74, 6) is -1.95. The summed E-state index contributed by atoms with van der Waals surface area (Å²) < 4.78 is 0. The van der Waals surface area contributed by atoms with Gasteiger partial charge in [0.05, 0.1) is 28.4 Å². The van der Waals surface area contributed by atoms with Crippen LogP contribution in [0.25, 0.3) is 0 Å². The molecule has 2 heterocycles. The van der Waals surface area contributed by atoms with Crippen LogP contribution in [-0.2, 0) is 15.0 Å². The van der Waals surface area contributed by atoms with Crippen molar-refractivity contribution >= 4 is 40.6 Å². The normalized spacial score (nSPS) is 20.6. The number of carboxylic acids is 1. The molecule has 2 aliphatic rings. The Bertz CT molecular complexity index is 1290. The van der Waals surface area contributed by atoms with Gasteiger partial charge in [0.1, 0.15) is 0 Å². The standard InChI is InChI=1S/C25H26N6O4/c1-14-20(22(32)30(28-14)18-11-9-17(10-12-18)25(3,4)5)26-27-21-15(2)29-31(23(21)33)19-8-6-7-16(13-19)24(34)35/h6-13,20-21H,1-5H3,(H,34,35)/b27-26+. The molecule has 0 saturated heterocycles. The zero-order valence-electron chi connectivity index (χ0n) is 20.1. The van der Waals surface area contributed by atoms with E-state index in [2.05, 4.69) is 41.2 Å². The van der Waals surface area contributed by atoms with Crippen molar-refractivity contribution in [3.05, 3.63) is 59.7 Å². The second kappa shape index (κ2) is 8.86. The molecule has 2 aromatic rings. The first-order chi connectivity index (χ1) is 16.5. The zero-order valence-corrected chi connectivity index (χ0v) is 20.1. The third kappa shape index (κ3) is 4.59. The minimum atomic E-state index is -1.11. The molecule has 1 N–H and O–H groups in total. The molecule has 2 amide bonds. The van der Waals surface area contributed by atoms with E-state index in [1.807, 2.05) is 24.3 Å². The van der Waals surface area contributed by atoms with Crippen LogP contribution in [0.4, 0.5) is 11.4 Å². The molecule has 180 valence electrons. The van der Waals surface area contributed by atoms with Crippen LogP contribution >= 0.6 is 0 Å². The Morgan fingerprint density at radius 2 is 1.37 bits per heavy atom. The molecular formula is C25H26N6O4. The zero-order chi connectivity index (χ0) is 25.5. The number of hydrogen-bond acceptors (Lipinski definition) is 7.